The molecule has 1 aromatic heterocycles. The molecule has 0 saturated carbocycles. The number of methoxy groups -OCH3 is 1. The molecule has 0 bridgehead atoms. The molecule has 0 saturated heterocycles. The second-order valence-electron chi connectivity index (χ2n) is 2.81. The Morgan fingerprint density at radius 2 is 2.29 bits per heavy atom. The Bertz CT molecular complexity index is 490. The highest BCUT2D eigenvalue weighted by Crippen LogP contribution is 2.30. The standard InChI is InChI=1S/C9H8N2O3/c1-14-8-4-2-3-6-7(11(12)13)5-10-9(6)8/h2-5,10H,1H3. The second-order valence-corrected chi connectivity index (χ2v) is 2.81. The Kier molecular flexibility index (Phi) is 1.85. The predicted molar refractivity (Wildman–Crippen MR) is 51.5 cm³/mol. The maximum absolute atomic E-state index is 10.6. The van der Waals surface area contributed by atoms with Crippen LogP contribution in [-0.2, 0) is 0 Å². The summed E-state index contributed by atoms with van der Waals surface area (Å²) < 4.78 is 5.07. The highest BCUT2D eigenvalue weighted by Gasteiger charge is 2.15. The van der Waals surface area contributed by atoms with E-state index in [4.69, 9.17) is 4.74 Å². The molecule has 1 aromatic carbocycles. The topological polar surface area (TPSA) is 68.2 Å². The maximum atomic E-state index is 10.6. The average Bonchev–Trinajstić information content (AvgIpc) is 2.60. The molecule has 0 unspecified atom stereocenters. The molecule has 0 atom stereocenters. The summed E-state index contributed by atoms with van der Waals surface area (Å²) in [6, 6.07) is 5.16. The third-order valence-corrected chi connectivity index (χ3v) is 2.07. The fourth-order valence-electron chi connectivity index (χ4n) is 1.43. The quantitative estimate of drug-likeness (QED) is 0.585. The summed E-state index contributed by atoms with van der Waals surface area (Å²) >= 11 is 0. The van der Waals surface area contributed by atoms with E-state index in [-0.39, 0.29) is 5.69 Å². The molecule has 0 aliphatic heterocycles. The summed E-state index contributed by atoms with van der Waals surface area (Å²) in [6.07, 6.45) is 1.37. The highest BCUT2D eigenvalue weighted by atomic mass is 16.6. The molecule has 0 amide bonds. The van der Waals surface area contributed by atoms with Gasteiger partial charge in [0.2, 0.25) is 0 Å². The SMILES string of the molecule is COc1cccc2c([N+](=O)[O-])c[nH]c12. The van der Waals surface area contributed by atoms with Crippen molar-refractivity contribution in [2.24, 2.45) is 0 Å². The largest absolute Gasteiger partial charge is 0.495 e. The van der Waals surface area contributed by atoms with Gasteiger partial charge in [0.25, 0.3) is 5.69 Å². The van der Waals surface area contributed by atoms with Crippen LogP contribution in [0.4, 0.5) is 5.69 Å². The normalized spacial score (nSPS) is 10.4. The lowest BCUT2D eigenvalue weighted by Gasteiger charge is -1.99. The van der Waals surface area contributed by atoms with Gasteiger partial charge in [-0.25, -0.2) is 0 Å². The van der Waals surface area contributed by atoms with Crippen LogP contribution >= 0.6 is 0 Å². The summed E-state index contributed by atoms with van der Waals surface area (Å²) in [6.45, 7) is 0. The summed E-state index contributed by atoms with van der Waals surface area (Å²) in [5, 5.41) is 11.2. The van der Waals surface area contributed by atoms with Crippen molar-refractivity contribution < 1.29 is 9.66 Å². The first-order valence-electron chi connectivity index (χ1n) is 4.02. The minimum absolute atomic E-state index is 0.0684. The summed E-state index contributed by atoms with van der Waals surface area (Å²) in [7, 11) is 1.53. The molecular weight excluding hydrogens is 184 g/mol. The van der Waals surface area contributed by atoms with Gasteiger partial charge in [0.05, 0.1) is 29.1 Å². The van der Waals surface area contributed by atoms with Crippen LogP contribution in [0.1, 0.15) is 0 Å². The number of rotatable bonds is 2. The molecule has 0 fully saturated rings. The van der Waals surface area contributed by atoms with Crippen molar-refractivity contribution in [2.75, 3.05) is 7.11 Å². The fourth-order valence-corrected chi connectivity index (χ4v) is 1.43. The number of fused-ring (bicyclic) bond motifs is 1. The molecule has 72 valence electrons. The Balaban J connectivity index is 2.75. The Hall–Kier alpha value is -2.04. The Labute approximate surface area is 79.5 Å². The Morgan fingerprint density at radius 3 is 2.93 bits per heavy atom. The molecule has 2 aromatic rings. The minimum atomic E-state index is -0.418. The third-order valence-electron chi connectivity index (χ3n) is 2.07. The van der Waals surface area contributed by atoms with Crippen LogP contribution in [0.15, 0.2) is 24.4 Å². The first kappa shape index (κ1) is 8.55. The van der Waals surface area contributed by atoms with Gasteiger partial charge in [0.15, 0.2) is 0 Å². The molecule has 5 nitrogen and oxygen atoms in total. The van der Waals surface area contributed by atoms with Gasteiger partial charge in [0, 0.05) is 0 Å². The van der Waals surface area contributed by atoms with Gasteiger partial charge >= 0.3 is 0 Å². The summed E-state index contributed by atoms with van der Waals surface area (Å²) in [5.41, 5.74) is 0.723. The van der Waals surface area contributed by atoms with E-state index in [0.29, 0.717) is 16.7 Å². The van der Waals surface area contributed by atoms with Crippen molar-refractivity contribution in [3.63, 3.8) is 0 Å². The van der Waals surface area contributed by atoms with E-state index < -0.39 is 4.92 Å². The molecule has 1 heterocycles. The zero-order chi connectivity index (χ0) is 10.1. The lowest BCUT2D eigenvalue weighted by atomic mass is 10.2. The van der Waals surface area contributed by atoms with Crippen molar-refractivity contribution in [3.8, 4) is 5.75 Å². The van der Waals surface area contributed by atoms with Crippen molar-refractivity contribution in [1.82, 2.24) is 4.98 Å². The number of nitrogens with zero attached hydrogens (tertiary/aromatic N) is 1. The molecule has 0 spiro atoms. The average molecular weight is 192 g/mol. The molecule has 5 heteroatoms. The third kappa shape index (κ3) is 1.10. The van der Waals surface area contributed by atoms with Gasteiger partial charge in [-0.15, -0.1) is 0 Å². The van der Waals surface area contributed by atoms with Crippen LogP contribution in [0.25, 0.3) is 10.9 Å². The number of benzene rings is 1. The van der Waals surface area contributed by atoms with Gasteiger partial charge in [-0.2, -0.15) is 0 Å². The fraction of sp³-hybridized carbons (Fsp3) is 0.111. The zero-order valence-corrected chi connectivity index (χ0v) is 7.48. The summed E-state index contributed by atoms with van der Waals surface area (Å²) in [4.78, 5) is 13.0. The molecule has 14 heavy (non-hydrogen) atoms. The van der Waals surface area contributed by atoms with Gasteiger partial charge in [-0.3, -0.25) is 10.1 Å². The molecule has 0 aliphatic rings. The number of aromatic nitrogens is 1. The molecule has 1 N–H and O–H groups in total. The van der Waals surface area contributed by atoms with Crippen molar-refractivity contribution >= 4 is 16.6 Å². The lowest BCUT2D eigenvalue weighted by molar-refractivity contribution is -0.383. The lowest BCUT2D eigenvalue weighted by Crippen LogP contribution is -1.86. The number of ether oxygens (including phenoxy) is 1. The number of aromatic amines is 1. The van der Waals surface area contributed by atoms with E-state index in [1.807, 2.05) is 0 Å². The van der Waals surface area contributed by atoms with Crippen LogP contribution in [0.2, 0.25) is 0 Å². The number of nitro groups is 1. The molecule has 0 radical (unpaired) electrons. The summed E-state index contributed by atoms with van der Waals surface area (Å²) in [5.74, 6) is 0.607. The van der Waals surface area contributed by atoms with Gasteiger partial charge in [-0.1, -0.05) is 6.07 Å². The first-order valence-corrected chi connectivity index (χ1v) is 4.02. The second kappa shape index (κ2) is 3.02. The minimum Gasteiger partial charge on any atom is -0.495 e. The van der Waals surface area contributed by atoms with E-state index in [1.54, 1.807) is 18.2 Å². The predicted octanol–water partition coefficient (Wildman–Crippen LogP) is 2.08. The van der Waals surface area contributed by atoms with Crippen molar-refractivity contribution in [3.05, 3.63) is 34.5 Å². The molecular formula is C9H8N2O3. The zero-order valence-electron chi connectivity index (χ0n) is 7.48. The van der Waals surface area contributed by atoms with Gasteiger partial charge in [-0.05, 0) is 12.1 Å². The number of nitrogens with one attached hydrogen (secondary N) is 1. The van der Waals surface area contributed by atoms with Gasteiger partial charge in [0.1, 0.15) is 5.75 Å². The van der Waals surface area contributed by atoms with E-state index >= 15 is 0 Å². The maximum Gasteiger partial charge on any atom is 0.294 e. The van der Waals surface area contributed by atoms with Crippen molar-refractivity contribution in [1.29, 1.82) is 0 Å². The number of H-pyrrole nitrogens is 1. The number of para-hydroxylation sites is 1. The van der Waals surface area contributed by atoms with Crippen LogP contribution < -0.4 is 4.74 Å². The molecule has 0 aliphatic carbocycles. The van der Waals surface area contributed by atoms with Gasteiger partial charge < -0.3 is 9.72 Å². The Morgan fingerprint density at radius 1 is 1.50 bits per heavy atom. The van der Waals surface area contributed by atoms with Crippen LogP contribution in [0, 0.1) is 10.1 Å². The van der Waals surface area contributed by atoms with E-state index in [1.165, 1.54) is 13.3 Å². The molecule has 2 rings (SSSR count). The number of hydrogen-bond donors (Lipinski definition) is 1. The van der Waals surface area contributed by atoms with Crippen LogP contribution in [0.3, 0.4) is 0 Å². The smallest absolute Gasteiger partial charge is 0.294 e. The van der Waals surface area contributed by atoms with E-state index in [2.05, 4.69) is 4.98 Å². The van der Waals surface area contributed by atoms with E-state index in [0.717, 1.165) is 0 Å². The van der Waals surface area contributed by atoms with E-state index in [9.17, 15) is 10.1 Å². The highest BCUT2D eigenvalue weighted by molar-refractivity contribution is 5.93. The van der Waals surface area contributed by atoms with Crippen LogP contribution in [0.5, 0.6) is 5.75 Å². The monoisotopic (exact) mass is 192 g/mol. The first-order chi connectivity index (χ1) is 6.74. The van der Waals surface area contributed by atoms with Crippen LogP contribution in [-0.4, -0.2) is 17.0 Å². The van der Waals surface area contributed by atoms with Crippen molar-refractivity contribution in [2.45, 2.75) is 0 Å². The number of hydrogen-bond acceptors (Lipinski definition) is 3.